The van der Waals surface area contributed by atoms with E-state index in [1.807, 2.05) is 12.1 Å². The first-order valence-electron chi connectivity index (χ1n) is 6.90. The van der Waals surface area contributed by atoms with Crippen LogP contribution in [-0.4, -0.2) is 23.3 Å². The van der Waals surface area contributed by atoms with E-state index in [-0.39, 0.29) is 0 Å². The molecule has 2 aromatic rings. The van der Waals surface area contributed by atoms with Crippen LogP contribution in [0, 0.1) is 0 Å². The third-order valence-electron chi connectivity index (χ3n) is 3.36. The van der Waals surface area contributed by atoms with Crippen molar-refractivity contribution in [2.24, 2.45) is 0 Å². The number of aliphatic hydroxyl groups excluding tert-OH is 1. The second-order valence-electron chi connectivity index (χ2n) is 4.96. The molecule has 2 heterocycles. The lowest BCUT2D eigenvalue weighted by molar-refractivity contribution is 0.177. The molecule has 0 aliphatic carbocycles. The average Bonchev–Trinajstić information content (AvgIpc) is 2.74. The average molecular weight is 306 g/mol. The molecule has 1 N–H and O–H groups in total. The van der Waals surface area contributed by atoms with Gasteiger partial charge in [0.25, 0.3) is 0 Å². The van der Waals surface area contributed by atoms with E-state index < -0.39 is 6.10 Å². The molecule has 0 amide bonds. The minimum Gasteiger partial charge on any atom is -0.489 e. The zero-order valence-electron chi connectivity index (χ0n) is 11.5. The van der Waals surface area contributed by atoms with Gasteiger partial charge in [0.05, 0.1) is 24.3 Å². The minimum atomic E-state index is -0.663. The topological polar surface area (TPSA) is 51.6 Å². The number of nitrogens with zero attached hydrogens (tertiary/aromatic N) is 1. The molecule has 1 unspecified atom stereocenters. The van der Waals surface area contributed by atoms with Gasteiger partial charge < -0.3 is 14.6 Å². The molecule has 1 aliphatic heterocycles. The lowest BCUT2D eigenvalue weighted by Crippen LogP contribution is -2.03. The summed E-state index contributed by atoms with van der Waals surface area (Å²) in [6.07, 6.45) is 4.08. The van der Waals surface area contributed by atoms with Crippen LogP contribution in [-0.2, 0) is 6.42 Å². The van der Waals surface area contributed by atoms with Gasteiger partial charge >= 0.3 is 0 Å². The fraction of sp³-hybridized carbons (Fsp3) is 0.312. The number of pyridine rings is 1. The standard InChI is InChI=1S/C16H16ClNO3/c17-13-8-12(9-15-16(13)21-6-2-5-20-15)14(19)7-11-3-1-4-18-10-11/h1,3-4,8-10,14,19H,2,5-7H2. The smallest absolute Gasteiger partial charge is 0.179 e. The van der Waals surface area contributed by atoms with Gasteiger partial charge in [0.1, 0.15) is 0 Å². The molecular formula is C16H16ClNO3. The normalized spacial score (nSPS) is 15.3. The van der Waals surface area contributed by atoms with Crippen LogP contribution in [0.5, 0.6) is 11.5 Å². The van der Waals surface area contributed by atoms with Crippen LogP contribution in [0.25, 0.3) is 0 Å². The SMILES string of the molecule is OC(Cc1cccnc1)c1cc(Cl)c2c(c1)OCCCO2. The first kappa shape index (κ1) is 14.2. The highest BCUT2D eigenvalue weighted by Crippen LogP contribution is 2.39. The molecule has 4 nitrogen and oxygen atoms in total. The molecule has 0 spiro atoms. The van der Waals surface area contributed by atoms with E-state index in [4.69, 9.17) is 21.1 Å². The van der Waals surface area contributed by atoms with E-state index in [1.54, 1.807) is 24.5 Å². The van der Waals surface area contributed by atoms with Gasteiger partial charge in [0.15, 0.2) is 11.5 Å². The van der Waals surface area contributed by atoms with Gasteiger partial charge in [0, 0.05) is 25.2 Å². The number of ether oxygens (including phenoxy) is 2. The van der Waals surface area contributed by atoms with E-state index in [1.165, 1.54) is 0 Å². The predicted molar refractivity (Wildman–Crippen MR) is 80.0 cm³/mol. The Balaban J connectivity index is 1.85. The highest BCUT2D eigenvalue weighted by molar-refractivity contribution is 6.32. The molecule has 0 saturated heterocycles. The van der Waals surface area contributed by atoms with Gasteiger partial charge in [-0.05, 0) is 29.3 Å². The Morgan fingerprint density at radius 3 is 2.95 bits per heavy atom. The number of benzene rings is 1. The van der Waals surface area contributed by atoms with Crippen LogP contribution in [0.3, 0.4) is 0 Å². The number of rotatable bonds is 3. The van der Waals surface area contributed by atoms with Crippen molar-refractivity contribution in [3.63, 3.8) is 0 Å². The number of aromatic nitrogens is 1. The minimum absolute atomic E-state index is 0.467. The molecule has 0 bridgehead atoms. The van der Waals surface area contributed by atoms with Crippen LogP contribution in [0.4, 0.5) is 0 Å². The van der Waals surface area contributed by atoms with Crippen molar-refractivity contribution in [1.82, 2.24) is 4.98 Å². The molecule has 1 aromatic carbocycles. The Labute approximate surface area is 128 Å². The largest absolute Gasteiger partial charge is 0.489 e. The van der Waals surface area contributed by atoms with E-state index in [9.17, 15) is 5.11 Å². The molecule has 21 heavy (non-hydrogen) atoms. The molecular weight excluding hydrogens is 290 g/mol. The van der Waals surface area contributed by atoms with Gasteiger partial charge in [-0.25, -0.2) is 0 Å². The van der Waals surface area contributed by atoms with Crippen molar-refractivity contribution in [3.05, 3.63) is 52.8 Å². The maximum atomic E-state index is 10.4. The highest BCUT2D eigenvalue weighted by Gasteiger charge is 2.19. The van der Waals surface area contributed by atoms with Gasteiger partial charge in [-0.1, -0.05) is 17.7 Å². The first-order chi connectivity index (χ1) is 10.2. The zero-order chi connectivity index (χ0) is 14.7. The summed E-state index contributed by atoms with van der Waals surface area (Å²) in [4.78, 5) is 4.05. The van der Waals surface area contributed by atoms with Crippen molar-refractivity contribution >= 4 is 11.6 Å². The fourth-order valence-corrected chi connectivity index (χ4v) is 2.58. The lowest BCUT2D eigenvalue weighted by Gasteiger charge is -2.15. The van der Waals surface area contributed by atoms with Crippen molar-refractivity contribution < 1.29 is 14.6 Å². The Morgan fingerprint density at radius 2 is 2.14 bits per heavy atom. The molecule has 5 heteroatoms. The van der Waals surface area contributed by atoms with Crippen LogP contribution >= 0.6 is 11.6 Å². The third kappa shape index (κ3) is 3.28. The molecule has 1 atom stereocenters. The monoisotopic (exact) mass is 305 g/mol. The molecule has 110 valence electrons. The Morgan fingerprint density at radius 1 is 1.29 bits per heavy atom. The summed E-state index contributed by atoms with van der Waals surface area (Å²) in [5.41, 5.74) is 1.68. The van der Waals surface area contributed by atoms with E-state index in [0.717, 1.165) is 12.0 Å². The van der Waals surface area contributed by atoms with Gasteiger partial charge in [-0.15, -0.1) is 0 Å². The first-order valence-corrected chi connectivity index (χ1v) is 7.28. The van der Waals surface area contributed by atoms with Crippen molar-refractivity contribution in [1.29, 1.82) is 0 Å². The fourth-order valence-electron chi connectivity index (χ4n) is 2.30. The van der Waals surface area contributed by atoms with Crippen LogP contribution in [0.15, 0.2) is 36.7 Å². The number of hydrogen-bond acceptors (Lipinski definition) is 4. The second kappa shape index (κ2) is 6.33. The molecule has 0 radical (unpaired) electrons. The maximum Gasteiger partial charge on any atom is 0.179 e. The molecule has 0 saturated carbocycles. The maximum absolute atomic E-state index is 10.4. The number of aliphatic hydroxyl groups is 1. The van der Waals surface area contributed by atoms with Gasteiger partial charge in [-0.3, -0.25) is 4.98 Å². The molecule has 0 fully saturated rings. The zero-order valence-corrected chi connectivity index (χ0v) is 12.2. The van der Waals surface area contributed by atoms with Crippen molar-refractivity contribution in [3.8, 4) is 11.5 Å². The Bertz CT molecular complexity index is 618. The number of halogens is 1. The van der Waals surface area contributed by atoms with Crippen molar-refractivity contribution in [2.75, 3.05) is 13.2 Å². The summed E-state index contributed by atoms with van der Waals surface area (Å²) >= 11 is 6.24. The summed E-state index contributed by atoms with van der Waals surface area (Å²) < 4.78 is 11.2. The molecule has 1 aromatic heterocycles. The van der Waals surface area contributed by atoms with Crippen molar-refractivity contribution in [2.45, 2.75) is 18.9 Å². The van der Waals surface area contributed by atoms with E-state index in [2.05, 4.69) is 4.98 Å². The predicted octanol–water partition coefficient (Wildman–Crippen LogP) is 3.17. The molecule has 3 rings (SSSR count). The summed E-state index contributed by atoms with van der Waals surface area (Å²) in [5, 5.41) is 10.9. The Hall–Kier alpha value is -1.78. The highest BCUT2D eigenvalue weighted by atomic mass is 35.5. The second-order valence-corrected chi connectivity index (χ2v) is 5.37. The molecule has 1 aliphatic rings. The summed E-state index contributed by atoms with van der Waals surface area (Å²) in [6, 6.07) is 7.31. The summed E-state index contributed by atoms with van der Waals surface area (Å²) in [7, 11) is 0. The quantitative estimate of drug-likeness (QED) is 0.946. The third-order valence-corrected chi connectivity index (χ3v) is 3.64. The van der Waals surface area contributed by atoms with Crippen LogP contribution < -0.4 is 9.47 Å². The Kier molecular flexibility index (Phi) is 4.27. The number of fused-ring (bicyclic) bond motifs is 1. The van der Waals surface area contributed by atoms with Crippen LogP contribution in [0.2, 0.25) is 5.02 Å². The van der Waals surface area contributed by atoms with Gasteiger partial charge in [-0.2, -0.15) is 0 Å². The summed E-state index contributed by atoms with van der Waals surface area (Å²) in [5.74, 6) is 1.16. The lowest BCUT2D eigenvalue weighted by atomic mass is 10.0. The van der Waals surface area contributed by atoms with E-state index in [0.29, 0.717) is 41.7 Å². The van der Waals surface area contributed by atoms with Gasteiger partial charge in [0.2, 0.25) is 0 Å². The number of hydrogen-bond donors (Lipinski definition) is 1. The summed E-state index contributed by atoms with van der Waals surface area (Å²) in [6.45, 7) is 1.18. The van der Waals surface area contributed by atoms with Crippen LogP contribution in [0.1, 0.15) is 23.7 Å². The van der Waals surface area contributed by atoms with E-state index >= 15 is 0 Å².